The van der Waals surface area contributed by atoms with Gasteiger partial charge >= 0.3 is 0 Å². The van der Waals surface area contributed by atoms with Gasteiger partial charge in [0.05, 0.1) is 24.2 Å². The number of carbonyl (C=O) groups is 1. The monoisotopic (exact) mass is 383 g/mol. The van der Waals surface area contributed by atoms with Gasteiger partial charge in [0.25, 0.3) is 0 Å². The number of hydrogen-bond acceptors (Lipinski definition) is 3. The summed E-state index contributed by atoms with van der Waals surface area (Å²) in [6.07, 6.45) is 5.52. The standard InChI is InChI=1S/C21H41NO3Si/c1-8-9-11-15(2)19(23)16-14-18(25-26(6,7)21(3,4)5)17-12-10-13-22(17)20(16)24/h15-19,23H,8-14H2,1-7H3/t15-,16-,17+,18-,19-/m1/s1. The van der Waals surface area contributed by atoms with Crippen LogP contribution < -0.4 is 0 Å². The van der Waals surface area contributed by atoms with Crippen LogP contribution in [-0.4, -0.2) is 49.0 Å². The zero-order valence-corrected chi connectivity index (χ0v) is 19.0. The largest absolute Gasteiger partial charge is 0.412 e. The summed E-state index contributed by atoms with van der Waals surface area (Å²) in [6, 6.07) is 0.214. The molecule has 0 aromatic heterocycles. The van der Waals surface area contributed by atoms with Crippen LogP contribution in [-0.2, 0) is 9.22 Å². The van der Waals surface area contributed by atoms with E-state index in [0.29, 0.717) is 6.42 Å². The second kappa shape index (κ2) is 8.32. The molecule has 2 aliphatic heterocycles. The maximum absolute atomic E-state index is 13.1. The van der Waals surface area contributed by atoms with Crippen LogP contribution in [0.2, 0.25) is 18.1 Å². The first-order valence-electron chi connectivity index (χ1n) is 10.7. The van der Waals surface area contributed by atoms with Crippen molar-refractivity contribution in [1.82, 2.24) is 4.90 Å². The van der Waals surface area contributed by atoms with Gasteiger partial charge < -0.3 is 14.4 Å². The molecule has 26 heavy (non-hydrogen) atoms. The lowest BCUT2D eigenvalue weighted by Crippen LogP contribution is -2.59. The minimum Gasteiger partial charge on any atom is -0.412 e. The van der Waals surface area contributed by atoms with Crippen molar-refractivity contribution in [3.63, 3.8) is 0 Å². The number of hydrogen-bond donors (Lipinski definition) is 1. The fourth-order valence-corrected chi connectivity index (χ4v) is 5.60. The van der Waals surface area contributed by atoms with Gasteiger partial charge in [-0.2, -0.15) is 0 Å². The van der Waals surface area contributed by atoms with E-state index in [0.717, 1.165) is 38.6 Å². The molecule has 0 aromatic rings. The lowest BCUT2D eigenvalue weighted by Gasteiger charge is -2.47. The topological polar surface area (TPSA) is 49.8 Å². The summed E-state index contributed by atoms with van der Waals surface area (Å²) in [6.45, 7) is 16.5. The summed E-state index contributed by atoms with van der Waals surface area (Å²) >= 11 is 0. The summed E-state index contributed by atoms with van der Waals surface area (Å²) in [7, 11) is -1.91. The molecule has 1 amide bonds. The average molecular weight is 384 g/mol. The van der Waals surface area contributed by atoms with Gasteiger partial charge in [0.2, 0.25) is 5.91 Å². The number of amides is 1. The van der Waals surface area contributed by atoms with E-state index in [4.69, 9.17) is 4.43 Å². The van der Waals surface area contributed by atoms with Crippen LogP contribution in [0.25, 0.3) is 0 Å². The molecule has 0 spiro atoms. The van der Waals surface area contributed by atoms with E-state index in [2.05, 4.69) is 47.7 Å². The van der Waals surface area contributed by atoms with Crippen LogP contribution >= 0.6 is 0 Å². The minimum absolute atomic E-state index is 0.0779. The lowest BCUT2D eigenvalue weighted by molar-refractivity contribution is -0.152. The van der Waals surface area contributed by atoms with E-state index in [-0.39, 0.29) is 34.9 Å². The van der Waals surface area contributed by atoms with Crippen molar-refractivity contribution in [3.8, 4) is 0 Å². The first kappa shape index (κ1) is 21.9. The lowest BCUT2D eigenvalue weighted by atomic mass is 9.80. The second-order valence-corrected chi connectivity index (χ2v) is 14.9. The molecule has 0 bridgehead atoms. The molecular formula is C21H41NO3Si. The van der Waals surface area contributed by atoms with Crippen LogP contribution in [0.15, 0.2) is 0 Å². The highest BCUT2D eigenvalue weighted by atomic mass is 28.4. The van der Waals surface area contributed by atoms with Gasteiger partial charge in [0.1, 0.15) is 0 Å². The zero-order valence-electron chi connectivity index (χ0n) is 18.0. The predicted molar refractivity (Wildman–Crippen MR) is 110 cm³/mol. The highest BCUT2D eigenvalue weighted by Crippen LogP contribution is 2.42. The van der Waals surface area contributed by atoms with Crippen molar-refractivity contribution in [2.24, 2.45) is 11.8 Å². The first-order valence-corrected chi connectivity index (χ1v) is 13.6. The third kappa shape index (κ3) is 4.53. The fraction of sp³-hybridized carbons (Fsp3) is 0.952. The average Bonchev–Trinajstić information content (AvgIpc) is 3.03. The molecule has 1 N–H and O–H groups in total. The molecular weight excluding hydrogens is 342 g/mol. The zero-order chi connectivity index (χ0) is 19.7. The Balaban J connectivity index is 2.17. The summed E-state index contributed by atoms with van der Waals surface area (Å²) in [5.74, 6) is 0.0287. The Labute approximate surface area is 161 Å². The molecule has 152 valence electrons. The van der Waals surface area contributed by atoms with Gasteiger partial charge in [-0.15, -0.1) is 0 Å². The molecule has 0 aromatic carbocycles. The normalized spacial score (nSPS) is 29.6. The molecule has 2 aliphatic rings. The van der Waals surface area contributed by atoms with Crippen LogP contribution in [0.1, 0.15) is 73.1 Å². The Morgan fingerprint density at radius 3 is 2.58 bits per heavy atom. The quantitative estimate of drug-likeness (QED) is 0.655. The smallest absolute Gasteiger partial charge is 0.228 e. The third-order valence-corrected chi connectivity index (χ3v) is 11.6. The molecule has 0 saturated carbocycles. The van der Waals surface area contributed by atoms with Gasteiger partial charge in [-0.1, -0.05) is 47.5 Å². The second-order valence-electron chi connectivity index (χ2n) is 10.1. The van der Waals surface area contributed by atoms with Crippen LogP contribution in [0.4, 0.5) is 0 Å². The first-order chi connectivity index (χ1) is 12.0. The molecule has 5 atom stereocenters. The number of rotatable bonds is 7. The van der Waals surface area contributed by atoms with Crippen LogP contribution in [0, 0.1) is 11.8 Å². The molecule has 0 unspecified atom stereocenters. The highest BCUT2D eigenvalue weighted by molar-refractivity contribution is 6.74. The Morgan fingerprint density at radius 1 is 1.35 bits per heavy atom. The summed E-state index contributed by atoms with van der Waals surface area (Å²) in [5.41, 5.74) is 0. The van der Waals surface area contributed by atoms with Crippen molar-refractivity contribution < 1.29 is 14.3 Å². The van der Waals surface area contributed by atoms with E-state index in [1.54, 1.807) is 0 Å². The van der Waals surface area contributed by atoms with Gasteiger partial charge in [-0.05, 0) is 49.7 Å². The highest BCUT2D eigenvalue weighted by Gasteiger charge is 2.50. The van der Waals surface area contributed by atoms with Crippen molar-refractivity contribution in [2.45, 2.75) is 110 Å². The van der Waals surface area contributed by atoms with E-state index in [1.165, 1.54) is 0 Å². The van der Waals surface area contributed by atoms with Crippen molar-refractivity contribution >= 4 is 14.2 Å². The number of fused-ring (bicyclic) bond motifs is 1. The van der Waals surface area contributed by atoms with Crippen LogP contribution in [0.3, 0.4) is 0 Å². The number of aliphatic hydroxyl groups excluding tert-OH is 1. The van der Waals surface area contributed by atoms with Gasteiger partial charge in [-0.25, -0.2) is 0 Å². The van der Waals surface area contributed by atoms with E-state index < -0.39 is 14.4 Å². The van der Waals surface area contributed by atoms with Gasteiger partial charge in [0.15, 0.2) is 8.32 Å². The molecule has 0 aliphatic carbocycles. The molecule has 5 heteroatoms. The summed E-state index contributed by atoms with van der Waals surface area (Å²) in [4.78, 5) is 15.1. The van der Waals surface area contributed by atoms with Gasteiger partial charge in [0, 0.05) is 6.54 Å². The Bertz CT molecular complexity index is 488. The molecule has 2 saturated heterocycles. The number of carbonyl (C=O) groups excluding carboxylic acids is 1. The minimum atomic E-state index is -1.91. The molecule has 2 fully saturated rings. The third-order valence-electron chi connectivity index (χ3n) is 7.08. The number of piperidine rings is 1. The molecule has 4 nitrogen and oxygen atoms in total. The van der Waals surface area contributed by atoms with Gasteiger partial charge in [-0.3, -0.25) is 4.79 Å². The van der Waals surface area contributed by atoms with E-state index >= 15 is 0 Å². The van der Waals surface area contributed by atoms with E-state index in [1.807, 2.05) is 4.90 Å². The van der Waals surface area contributed by atoms with E-state index in [9.17, 15) is 9.90 Å². The Kier molecular flexibility index (Phi) is 7.01. The fourth-order valence-electron chi connectivity index (χ4n) is 4.23. The predicted octanol–water partition coefficient (Wildman–Crippen LogP) is 4.57. The molecule has 2 rings (SSSR count). The Hall–Kier alpha value is -0.393. The maximum Gasteiger partial charge on any atom is 0.228 e. The Morgan fingerprint density at radius 2 is 2.00 bits per heavy atom. The van der Waals surface area contributed by atoms with Crippen LogP contribution in [0.5, 0.6) is 0 Å². The number of unbranched alkanes of at least 4 members (excludes halogenated alkanes) is 1. The summed E-state index contributed by atoms with van der Waals surface area (Å²) < 4.78 is 6.78. The molecule has 2 heterocycles. The van der Waals surface area contributed by atoms with Crippen molar-refractivity contribution in [3.05, 3.63) is 0 Å². The van der Waals surface area contributed by atoms with Crippen molar-refractivity contribution in [2.75, 3.05) is 6.54 Å². The SMILES string of the molecule is CCCC[C@@H](C)[C@@H](O)[C@H]1C[C@@H](O[Si](C)(C)C(C)(C)C)[C@@H]2CCCN2C1=O. The molecule has 0 radical (unpaired) electrons. The summed E-state index contributed by atoms with van der Waals surface area (Å²) in [5, 5.41) is 11.1. The number of nitrogens with zero attached hydrogens (tertiary/aromatic N) is 1. The maximum atomic E-state index is 13.1. The van der Waals surface area contributed by atoms with Crippen molar-refractivity contribution in [1.29, 1.82) is 0 Å². The number of aliphatic hydroxyl groups is 1.